The highest BCUT2D eigenvalue weighted by molar-refractivity contribution is 6.01. The predicted octanol–water partition coefficient (Wildman–Crippen LogP) is 3.74. The second-order valence-corrected chi connectivity index (χ2v) is 24.9. The number of carbonyl (C=O) groups is 10. The minimum Gasteiger partial charge on any atom is -0.342 e. The lowest BCUT2D eigenvalue weighted by Gasteiger charge is -2.34. The third-order valence-electron chi connectivity index (χ3n) is 16.0. The van der Waals surface area contributed by atoms with E-state index in [4.69, 9.17) is 0 Å². The first kappa shape index (κ1) is 65.1. The van der Waals surface area contributed by atoms with Crippen LogP contribution < -0.4 is 42.5 Å². The lowest BCUT2D eigenvalue weighted by Crippen LogP contribution is -2.64. The first-order valence-corrected chi connectivity index (χ1v) is 30.1. The van der Waals surface area contributed by atoms with Crippen molar-refractivity contribution in [1.29, 1.82) is 0 Å². The molecule has 3 fully saturated rings. The van der Waals surface area contributed by atoms with E-state index >= 15 is 0 Å². The van der Waals surface area contributed by atoms with Crippen LogP contribution in [0.3, 0.4) is 0 Å². The molecular formula is C66H86N10O10. The van der Waals surface area contributed by atoms with E-state index in [9.17, 15) is 47.9 Å². The molecule has 3 aliphatic rings. The van der Waals surface area contributed by atoms with Crippen molar-refractivity contribution < 1.29 is 47.9 Å². The standard InChI is InChI=1S/C66H86N10O10/c1-41(2)35-51-61(83)75-33-21-31-53(75)59(81)69-47(37-43-23-13-9-14-24-43)55(77)68-50(40-46-29-19-12-20-30-46)58(80)74-66(7,8)64(86)72-52(36-42(3)4)62(84)76-34-22-32-54(76)60(82)70-48(38-44-25-15-10-16-26-44)56(78)67-49(39-45-27-17-11-18-28-45)57(79)73-65(5,6)63(85)71-51/h9-20,23-30,41-42,47-54H,21-22,31-40H2,1-8H3,(H,67,78)(H,68,77)(H,69,81)(H,70,82)(H,71,85)(H,72,86)(H,73,79)(H,74,80)/t47-,48-,49-,50-,51-,52-,53-,54-/m0/s1. The largest absolute Gasteiger partial charge is 0.342 e. The van der Waals surface area contributed by atoms with Gasteiger partial charge in [-0.25, -0.2) is 0 Å². The normalized spacial score (nSPS) is 25.1. The Balaban J connectivity index is 1.27. The molecule has 10 amide bonds. The molecular weight excluding hydrogens is 1090 g/mol. The molecule has 4 aromatic rings. The number of rotatable bonds is 12. The van der Waals surface area contributed by atoms with Crippen LogP contribution in [0, 0.1) is 11.8 Å². The quantitative estimate of drug-likeness (QED) is 0.102. The van der Waals surface area contributed by atoms with Gasteiger partial charge < -0.3 is 52.3 Å². The number of fused-ring (bicyclic) bond motifs is 2. The van der Waals surface area contributed by atoms with Crippen molar-refractivity contribution in [2.75, 3.05) is 13.1 Å². The molecule has 0 spiro atoms. The highest BCUT2D eigenvalue weighted by atomic mass is 16.2. The molecule has 8 N–H and O–H groups in total. The van der Waals surface area contributed by atoms with Crippen LogP contribution in [0.25, 0.3) is 0 Å². The summed E-state index contributed by atoms with van der Waals surface area (Å²) in [6.07, 6.45) is 1.61. The first-order valence-electron chi connectivity index (χ1n) is 30.1. The monoisotopic (exact) mass is 1180 g/mol. The molecule has 0 aromatic heterocycles. The van der Waals surface area contributed by atoms with E-state index in [1.54, 1.807) is 109 Å². The van der Waals surface area contributed by atoms with Gasteiger partial charge in [-0.15, -0.1) is 0 Å². The van der Waals surface area contributed by atoms with E-state index in [-0.39, 0.29) is 76.3 Å². The Morgan fingerprint density at radius 2 is 0.640 bits per heavy atom. The van der Waals surface area contributed by atoms with Crippen molar-refractivity contribution in [3.8, 4) is 0 Å². The van der Waals surface area contributed by atoms with E-state index in [1.165, 1.54) is 37.5 Å². The smallest absolute Gasteiger partial charge is 0.245 e. The Morgan fingerprint density at radius 1 is 0.372 bits per heavy atom. The Bertz CT molecular complexity index is 2830. The Morgan fingerprint density at radius 3 is 0.919 bits per heavy atom. The van der Waals surface area contributed by atoms with E-state index in [0.717, 1.165) is 0 Å². The minimum atomic E-state index is -1.69. The number of amides is 10. The van der Waals surface area contributed by atoms with Crippen molar-refractivity contribution in [2.45, 2.75) is 179 Å². The zero-order chi connectivity index (χ0) is 62.3. The molecule has 4 aromatic carbocycles. The summed E-state index contributed by atoms with van der Waals surface area (Å²) in [6, 6.07) is 26.3. The number of nitrogens with one attached hydrogen (secondary N) is 8. The SMILES string of the molecule is CC(C)C[C@@H]1NC(=O)C(C)(C)NC(=O)[C@H](Cc2ccccc2)NC(=O)[C@H](Cc2ccccc2)NC(=O)[C@@H]2CCCN2C(=O)[C@H](CC(C)C)NC(=O)C(C)(C)NC(=O)[C@H](Cc2ccccc2)NC(=O)[C@H](Cc2ccccc2)NC(=O)[C@@H]2CCCN2C1=O. The summed E-state index contributed by atoms with van der Waals surface area (Å²) in [5.74, 6) is -6.92. The van der Waals surface area contributed by atoms with Gasteiger partial charge in [0.1, 0.15) is 59.4 Å². The third-order valence-corrected chi connectivity index (χ3v) is 16.0. The molecule has 20 nitrogen and oxygen atoms in total. The van der Waals surface area contributed by atoms with E-state index in [0.29, 0.717) is 35.1 Å². The number of benzene rings is 4. The van der Waals surface area contributed by atoms with Gasteiger partial charge in [-0.05, 0) is 100 Å². The Labute approximate surface area is 504 Å². The summed E-state index contributed by atoms with van der Waals surface area (Å²) in [7, 11) is 0. The van der Waals surface area contributed by atoms with Crippen LogP contribution >= 0.6 is 0 Å². The molecule has 0 aliphatic carbocycles. The molecule has 86 heavy (non-hydrogen) atoms. The second-order valence-electron chi connectivity index (χ2n) is 24.9. The Hall–Kier alpha value is -8.42. The lowest BCUT2D eigenvalue weighted by atomic mass is 9.97. The molecule has 7 rings (SSSR count). The number of nitrogens with zero attached hydrogens (tertiary/aromatic N) is 2. The molecule has 460 valence electrons. The van der Waals surface area contributed by atoms with Gasteiger partial charge in [-0.1, -0.05) is 149 Å². The van der Waals surface area contributed by atoms with E-state index in [2.05, 4.69) is 42.5 Å². The summed E-state index contributed by atoms with van der Waals surface area (Å²) < 4.78 is 0. The van der Waals surface area contributed by atoms with Gasteiger partial charge in [0.15, 0.2) is 0 Å². The van der Waals surface area contributed by atoms with Crippen LogP contribution in [0.1, 0.15) is 116 Å². The Kier molecular flexibility index (Phi) is 22.4. The highest BCUT2D eigenvalue weighted by Crippen LogP contribution is 2.24. The van der Waals surface area contributed by atoms with Gasteiger partial charge in [0, 0.05) is 38.8 Å². The predicted molar refractivity (Wildman–Crippen MR) is 325 cm³/mol. The maximum atomic E-state index is 14.9. The van der Waals surface area contributed by atoms with Gasteiger partial charge >= 0.3 is 0 Å². The summed E-state index contributed by atoms with van der Waals surface area (Å²) in [4.78, 5) is 150. The van der Waals surface area contributed by atoms with Gasteiger partial charge in [0.2, 0.25) is 59.1 Å². The van der Waals surface area contributed by atoms with E-state index in [1.807, 2.05) is 39.8 Å². The zero-order valence-corrected chi connectivity index (χ0v) is 50.8. The van der Waals surface area contributed by atoms with Gasteiger partial charge in [0.25, 0.3) is 0 Å². The fourth-order valence-corrected chi connectivity index (χ4v) is 11.3. The van der Waals surface area contributed by atoms with Gasteiger partial charge in [0.05, 0.1) is 0 Å². The summed E-state index contributed by atoms with van der Waals surface area (Å²) in [5.41, 5.74) is -0.658. The number of hydrogen-bond donors (Lipinski definition) is 8. The number of carbonyl (C=O) groups excluding carboxylic acids is 10. The molecule has 8 atom stereocenters. The summed E-state index contributed by atoms with van der Waals surface area (Å²) >= 11 is 0. The van der Waals surface area contributed by atoms with Gasteiger partial charge in [-0.2, -0.15) is 0 Å². The molecule has 0 unspecified atom stereocenters. The molecule has 0 bridgehead atoms. The van der Waals surface area contributed by atoms with Crippen LogP contribution in [-0.4, -0.2) is 141 Å². The maximum absolute atomic E-state index is 14.9. The van der Waals surface area contributed by atoms with Crippen LogP contribution in [0.2, 0.25) is 0 Å². The zero-order valence-electron chi connectivity index (χ0n) is 50.8. The van der Waals surface area contributed by atoms with Crippen LogP contribution in [0.4, 0.5) is 0 Å². The molecule has 0 radical (unpaired) electrons. The van der Waals surface area contributed by atoms with Crippen molar-refractivity contribution in [1.82, 2.24) is 52.3 Å². The molecule has 20 heteroatoms. The van der Waals surface area contributed by atoms with E-state index < -0.39 is 118 Å². The molecule has 3 aliphatic heterocycles. The maximum Gasteiger partial charge on any atom is 0.245 e. The first-order chi connectivity index (χ1) is 40.9. The van der Waals surface area contributed by atoms with Crippen LogP contribution in [0.5, 0.6) is 0 Å². The third kappa shape index (κ3) is 17.8. The van der Waals surface area contributed by atoms with Crippen LogP contribution in [-0.2, 0) is 73.6 Å². The minimum absolute atomic E-state index is 0.00551. The van der Waals surface area contributed by atoms with Crippen molar-refractivity contribution >= 4 is 59.1 Å². The number of hydrogen-bond acceptors (Lipinski definition) is 10. The molecule has 3 heterocycles. The summed E-state index contributed by atoms with van der Waals surface area (Å²) in [6.45, 7) is 13.8. The second kappa shape index (κ2) is 29.6. The fourth-order valence-electron chi connectivity index (χ4n) is 11.3. The average Bonchev–Trinajstić information content (AvgIpc) is 4.29. The van der Waals surface area contributed by atoms with Crippen molar-refractivity contribution in [2.24, 2.45) is 11.8 Å². The topological polar surface area (TPSA) is 273 Å². The highest BCUT2D eigenvalue weighted by Gasteiger charge is 2.44. The van der Waals surface area contributed by atoms with Crippen molar-refractivity contribution in [3.63, 3.8) is 0 Å². The summed E-state index contributed by atoms with van der Waals surface area (Å²) in [5, 5.41) is 23.0. The van der Waals surface area contributed by atoms with Crippen molar-refractivity contribution in [3.05, 3.63) is 144 Å². The lowest BCUT2D eigenvalue weighted by molar-refractivity contribution is -0.144. The van der Waals surface area contributed by atoms with Gasteiger partial charge in [-0.3, -0.25) is 47.9 Å². The average molecular weight is 1180 g/mol. The fraction of sp³-hybridized carbons (Fsp3) is 0.485. The molecule has 3 saturated heterocycles. The van der Waals surface area contributed by atoms with Crippen LogP contribution in [0.15, 0.2) is 121 Å². The molecule has 0 saturated carbocycles.